The number of hydrogen-bond acceptors (Lipinski definition) is 6. The van der Waals surface area contributed by atoms with Gasteiger partial charge in [-0.15, -0.1) is 0 Å². The van der Waals surface area contributed by atoms with Gasteiger partial charge >= 0.3 is 6.61 Å². The van der Waals surface area contributed by atoms with Crippen molar-refractivity contribution in [3.05, 3.63) is 114 Å². The summed E-state index contributed by atoms with van der Waals surface area (Å²) in [6.07, 6.45) is 2.03. The fraction of sp³-hybridized carbons (Fsp3) is 0.270. The number of imidazole rings is 1. The van der Waals surface area contributed by atoms with Crippen LogP contribution >= 0.6 is 0 Å². The number of aromatic nitrogens is 2. The third-order valence-electron chi connectivity index (χ3n) is 7.95. The number of methoxy groups -OCH3 is 1. The third-order valence-corrected chi connectivity index (χ3v) is 7.95. The molecule has 0 bridgehead atoms. The van der Waals surface area contributed by atoms with E-state index in [1.54, 1.807) is 19.2 Å². The Hall–Kier alpha value is -4.89. The molecule has 2 heterocycles. The first-order chi connectivity index (χ1) is 22.5. The molecule has 0 saturated carbocycles. The lowest BCUT2D eigenvalue weighted by Crippen LogP contribution is -2.24. The molecule has 1 aromatic heterocycles. The number of halogens is 2. The molecule has 6 rings (SSSR count). The second-order valence-electron chi connectivity index (χ2n) is 11.2. The van der Waals surface area contributed by atoms with Crippen molar-refractivity contribution in [2.24, 2.45) is 0 Å². The Morgan fingerprint density at radius 3 is 2.30 bits per heavy atom. The second-order valence-corrected chi connectivity index (χ2v) is 11.2. The molecule has 0 spiro atoms. The highest BCUT2D eigenvalue weighted by Crippen LogP contribution is 2.35. The van der Waals surface area contributed by atoms with Crippen molar-refractivity contribution in [2.45, 2.75) is 52.6 Å². The fourth-order valence-electron chi connectivity index (χ4n) is 5.72. The topological polar surface area (TPSA) is 58.0 Å². The quantitative estimate of drug-likeness (QED) is 0.123. The minimum absolute atomic E-state index is 0.131. The Bertz CT molecular complexity index is 1740. The Balaban J connectivity index is 1.43. The Morgan fingerprint density at radius 1 is 0.804 bits per heavy atom. The van der Waals surface area contributed by atoms with Crippen LogP contribution in [-0.4, -0.2) is 35.0 Å². The smallest absolute Gasteiger partial charge is 0.387 e. The zero-order chi connectivity index (χ0) is 31.9. The summed E-state index contributed by atoms with van der Waals surface area (Å²) in [5.74, 6) is 3.26. The largest absolute Gasteiger partial charge is 0.497 e. The van der Waals surface area contributed by atoms with E-state index < -0.39 is 6.61 Å². The molecule has 9 heteroatoms. The van der Waals surface area contributed by atoms with Gasteiger partial charge in [-0.3, -0.25) is 4.90 Å². The average molecular weight is 626 g/mol. The van der Waals surface area contributed by atoms with Gasteiger partial charge in [-0.25, -0.2) is 4.98 Å². The van der Waals surface area contributed by atoms with E-state index in [2.05, 4.69) is 39.3 Å². The highest BCUT2D eigenvalue weighted by atomic mass is 19.3. The minimum Gasteiger partial charge on any atom is -0.497 e. The summed E-state index contributed by atoms with van der Waals surface area (Å²) in [6.45, 7) is 2.06. The zero-order valence-electron chi connectivity index (χ0n) is 26.0. The van der Waals surface area contributed by atoms with Gasteiger partial charge in [0.2, 0.25) is 6.79 Å². The van der Waals surface area contributed by atoms with E-state index in [-0.39, 0.29) is 12.5 Å². The van der Waals surface area contributed by atoms with Crippen LogP contribution in [0.25, 0.3) is 22.6 Å². The summed E-state index contributed by atoms with van der Waals surface area (Å²) in [4.78, 5) is 7.62. The minimum atomic E-state index is -2.87. The molecule has 7 nitrogen and oxygen atoms in total. The Morgan fingerprint density at radius 2 is 1.54 bits per heavy atom. The van der Waals surface area contributed by atoms with Crippen LogP contribution < -0.4 is 18.9 Å². The first-order valence-electron chi connectivity index (χ1n) is 15.4. The van der Waals surface area contributed by atoms with Crippen LogP contribution in [0.1, 0.15) is 36.6 Å². The zero-order valence-corrected chi connectivity index (χ0v) is 26.0. The van der Waals surface area contributed by atoms with Gasteiger partial charge in [0.15, 0.2) is 11.5 Å². The summed E-state index contributed by atoms with van der Waals surface area (Å²) < 4.78 is 49.4. The normalized spacial score (nSPS) is 12.2. The SMILES string of the molecule is CCCCn1c(-c2ccccc2)nc(-c2cccc(OC)c2)c1CN(Cc1ccc(OC(F)F)cc1)Cc1ccc2c(c1)OCO2. The molecule has 0 N–H and O–H groups in total. The van der Waals surface area contributed by atoms with Crippen molar-refractivity contribution in [1.82, 2.24) is 14.5 Å². The second kappa shape index (κ2) is 14.5. The van der Waals surface area contributed by atoms with Crippen LogP contribution in [0.5, 0.6) is 23.0 Å². The molecule has 238 valence electrons. The molecule has 0 saturated heterocycles. The maximum Gasteiger partial charge on any atom is 0.387 e. The van der Waals surface area contributed by atoms with Crippen LogP contribution in [0.15, 0.2) is 97.1 Å². The molecule has 0 amide bonds. The summed E-state index contributed by atoms with van der Waals surface area (Å²) in [5.41, 5.74) is 6.02. The van der Waals surface area contributed by atoms with Gasteiger partial charge in [0.25, 0.3) is 0 Å². The number of nitrogens with zero attached hydrogens (tertiary/aromatic N) is 3. The van der Waals surface area contributed by atoms with Crippen LogP contribution in [0.3, 0.4) is 0 Å². The Labute approximate surface area is 267 Å². The van der Waals surface area contributed by atoms with E-state index in [4.69, 9.17) is 19.2 Å². The highest BCUT2D eigenvalue weighted by Gasteiger charge is 2.23. The molecule has 0 aliphatic carbocycles. The molecular formula is C37H37F2N3O4. The monoisotopic (exact) mass is 625 g/mol. The molecule has 0 fully saturated rings. The van der Waals surface area contributed by atoms with Gasteiger partial charge in [-0.1, -0.05) is 74.0 Å². The van der Waals surface area contributed by atoms with Crippen molar-refractivity contribution >= 4 is 0 Å². The molecule has 4 aromatic carbocycles. The van der Waals surface area contributed by atoms with E-state index in [0.717, 1.165) is 76.1 Å². The van der Waals surface area contributed by atoms with Crippen LogP contribution in [0, 0.1) is 0 Å². The molecule has 5 aromatic rings. The van der Waals surface area contributed by atoms with Crippen LogP contribution in [0.2, 0.25) is 0 Å². The maximum atomic E-state index is 12.8. The van der Waals surface area contributed by atoms with E-state index in [1.807, 2.05) is 66.7 Å². The predicted molar refractivity (Wildman–Crippen MR) is 173 cm³/mol. The fourth-order valence-corrected chi connectivity index (χ4v) is 5.72. The number of benzene rings is 4. The first-order valence-corrected chi connectivity index (χ1v) is 15.4. The summed E-state index contributed by atoms with van der Waals surface area (Å²) in [5, 5.41) is 0. The van der Waals surface area contributed by atoms with Gasteiger partial charge in [0.05, 0.1) is 18.5 Å². The van der Waals surface area contributed by atoms with Crippen molar-refractivity contribution < 1.29 is 27.7 Å². The summed E-state index contributed by atoms with van der Waals surface area (Å²) in [6, 6.07) is 31.1. The molecule has 0 radical (unpaired) electrons. The van der Waals surface area contributed by atoms with Gasteiger partial charge in [-0.2, -0.15) is 8.78 Å². The molecule has 1 aliphatic rings. The molecule has 0 atom stereocenters. The maximum absolute atomic E-state index is 12.8. The lowest BCUT2D eigenvalue weighted by molar-refractivity contribution is -0.0498. The number of unbranched alkanes of at least 4 members (excludes halogenated alkanes) is 1. The number of fused-ring (bicyclic) bond motifs is 1. The molecular weight excluding hydrogens is 588 g/mol. The number of ether oxygens (including phenoxy) is 4. The molecule has 1 aliphatic heterocycles. The van der Waals surface area contributed by atoms with E-state index in [0.29, 0.717) is 19.6 Å². The molecule has 46 heavy (non-hydrogen) atoms. The van der Waals surface area contributed by atoms with Crippen LogP contribution in [-0.2, 0) is 26.2 Å². The van der Waals surface area contributed by atoms with Gasteiger partial charge in [0.1, 0.15) is 17.3 Å². The van der Waals surface area contributed by atoms with Crippen molar-refractivity contribution in [3.63, 3.8) is 0 Å². The van der Waals surface area contributed by atoms with E-state index >= 15 is 0 Å². The third kappa shape index (κ3) is 7.32. The van der Waals surface area contributed by atoms with Gasteiger partial charge in [-0.05, 0) is 53.9 Å². The van der Waals surface area contributed by atoms with Crippen LogP contribution in [0.4, 0.5) is 8.78 Å². The number of alkyl halides is 2. The van der Waals surface area contributed by atoms with E-state index in [1.165, 1.54) is 0 Å². The predicted octanol–water partition coefficient (Wildman–Crippen LogP) is 8.56. The highest BCUT2D eigenvalue weighted by molar-refractivity contribution is 5.69. The van der Waals surface area contributed by atoms with Gasteiger partial charge < -0.3 is 23.5 Å². The van der Waals surface area contributed by atoms with Gasteiger partial charge in [0, 0.05) is 37.3 Å². The first kappa shape index (κ1) is 31.1. The lowest BCUT2D eigenvalue weighted by Gasteiger charge is -2.25. The molecule has 0 unspecified atom stereocenters. The standard InChI is InChI=1S/C37H37F2N3O4/c1-3-4-19-42-32(35(29-11-8-12-31(21-29)43-2)40-36(42)28-9-6-5-7-10-28)24-41(22-26-13-16-30(17-14-26)46-37(38)39)23-27-15-18-33-34(20-27)45-25-44-33/h5-18,20-21,37H,3-4,19,22-25H2,1-2H3. The Kier molecular flexibility index (Phi) is 9.79. The summed E-state index contributed by atoms with van der Waals surface area (Å²) >= 11 is 0. The van der Waals surface area contributed by atoms with Crippen molar-refractivity contribution in [2.75, 3.05) is 13.9 Å². The van der Waals surface area contributed by atoms with Crippen molar-refractivity contribution in [3.8, 4) is 45.6 Å². The summed E-state index contributed by atoms with van der Waals surface area (Å²) in [7, 11) is 1.67. The number of rotatable bonds is 14. The van der Waals surface area contributed by atoms with Crippen molar-refractivity contribution in [1.29, 1.82) is 0 Å². The lowest BCUT2D eigenvalue weighted by atomic mass is 10.1. The number of hydrogen-bond donors (Lipinski definition) is 0. The average Bonchev–Trinajstić information content (AvgIpc) is 3.69. The van der Waals surface area contributed by atoms with E-state index in [9.17, 15) is 8.78 Å².